The SMILES string of the molecule is CC(=O)Nc1nnc(S(=O)(=O)NCC(O)C(N)=O)s1. The molecule has 19 heavy (non-hydrogen) atoms. The summed E-state index contributed by atoms with van der Waals surface area (Å²) >= 11 is 0.626. The molecule has 0 bridgehead atoms. The summed E-state index contributed by atoms with van der Waals surface area (Å²) < 4.78 is 24.9. The fourth-order valence-corrected chi connectivity index (χ4v) is 2.90. The molecule has 0 aromatic carbocycles. The maximum absolute atomic E-state index is 11.7. The Morgan fingerprint density at radius 2 is 2.11 bits per heavy atom. The topological polar surface area (TPSA) is 164 Å². The average molecular weight is 309 g/mol. The Balaban J connectivity index is 2.75. The van der Waals surface area contributed by atoms with E-state index in [1.807, 2.05) is 4.72 Å². The number of nitrogens with one attached hydrogen (secondary N) is 2. The molecule has 12 heteroatoms. The molecule has 0 aliphatic heterocycles. The number of hydrogen-bond donors (Lipinski definition) is 4. The van der Waals surface area contributed by atoms with Crippen LogP contribution in [0.15, 0.2) is 4.34 Å². The zero-order chi connectivity index (χ0) is 14.6. The molecule has 5 N–H and O–H groups in total. The summed E-state index contributed by atoms with van der Waals surface area (Å²) in [4.78, 5) is 21.3. The summed E-state index contributed by atoms with van der Waals surface area (Å²) in [7, 11) is -4.03. The standard InChI is InChI=1S/C7H11N5O5S2/c1-3(13)10-6-11-12-7(18-6)19(16,17)9-2-4(14)5(8)15/h4,9,14H,2H2,1H3,(H2,8,15)(H,10,11,13). The minimum atomic E-state index is -4.03. The lowest BCUT2D eigenvalue weighted by atomic mass is 10.3. The van der Waals surface area contributed by atoms with Gasteiger partial charge in [0.2, 0.25) is 21.3 Å². The molecule has 0 aliphatic rings. The van der Waals surface area contributed by atoms with Crippen LogP contribution in [0.3, 0.4) is 0 Å². The van der Waals surface area contributed by atoms with E-state index in [1.165, 1.54) is 6.92 Å². The molecule has 1 rings (SSSR count). The molecule has 0 fully saturated rings. The van der Waals surface area contributed by atoms with Gasteiger partial charge in [-0.1, -0.05) is 11.3 Å². The maximum atomic E-state index is 11.7. The molecular formula is C7H11N5O5S2. The lowest BCUT2D eigenvalue weighted by Gasteiger charge is -2.06. The van der Waals surface area contributed by atoms with E-state index in [0.717, 1.165) is 0 Å². The summed E-state index contributed by atoms with van der Waals surface area (Å²) in [5.74, 6) is -1.48. The highest BCUT2D eigenvalue weighted by Gasteiger charge is 2.22. The Morgan fingerprint density at radius 1 is 1.47 bits per heavy atom. The Hall–Kier alpha value is -1.63. The molecule has 1 aromatic heterocycles. The van der Waals surface area contributed by atoms with E-state index in [4.69, 9.17) is 10.8 Å². The maximum Gasteiger partial charge on any atom is 0.269 e. The number of carbonyl (C=O) groups is 2. The third kappa shape index (κ3) is 4.51. The summed E-state index contributed by atoms with van der Waals surface area (Å²) in [5.41, 5.74) is 4.77. The number of hydrogen-bond acceptors (Lipinski definition) is 8. The Bertz CT molecular complexity index is 582. The molecule has 0 aliphatic carbocycles. The van der Waals surface area contributed by atoms with Crippen LogP contribution in [0, 0.1) is 0 Å². The lowest BCUT2D eigenvalue weighted by Crippen LogP contribution is -2.39. The van der Waals surface area contributed by atoms with Crippen molar-refractivity contribution < 1.29 is 23.1 Å². The van der Waals surface area contributed by atoms with E-state index >= 15 is 0 Å². The predicted octanol–water partition coefficient (Wildman–Crippen LogP) is -2.38. The van der Waals surface area contributed by atoms with Crippen molar-refractivity contribution in [2.45, 2.75) is 17.4 Å². The monoisotopic (exact) mass is 309 g/mol. The quantitative estimate of drug-likeness (QED) is 0.426. The van der Waals surface area contributed by atoms with Crippen molar-refractivity contribution in [3.05, 3.63) is 0 Å². The third-order valence-corrected chi connectivity index (χ3v) is 4.34. The van der Waals surface area contributed by atoms with Crippen LogP contribution in [-0.4, -0.2) is 48.2 Å². The Kier molecular flexibility index (Phi) is 4.88. The Morgan fingerprint density at radius 3 is 2.63 bits per heavy atom. The molecular weight excluding hydrogens is 298 g/mol. The zero-order valence-electron chi connectivity index (χ0n) is 9.65. The van der Waals surface area contributed by atoms with Crippen LogP contribution in [0.25, 0.3) is 0 Å². The van der Waals surface area contributed by atoms with Crippen molar-refractivity contribution in [2.75, 3.05) is 11.9 Å². The van der Waals surface area contributed by atoms with Crippen LogP contribution in [-0.2, 0) is 19.6 Å². The summed E-state index contributed by atoms with van der Waals surface area (Å²) in [5, 5.41) is 18.2. The summed E-state index contributed by atoms with van der Waals surface area (Å²) in [6, 6.07) is 0. The molecule has 0 spiro atoms. The second-order valence-corrected chi connectivity index (χ2v) is 6.24. The second-order valence-electron chi connectivity index (χ2n) is 3.32. The number of carbonyl (C=O) groups excluding carboxylic acids is 2. The fraction of sp³-hybridized carbons (Fsp3) is 0.429. The predicted molar refractivity (Wildman–Crippen MR) is 64.6 cm³/mol. The molecule has 10 nitrogen and oxygen atoms in total. The number of aliphatic hydroxyl groups excluding tert-OH is 1. The first-order valence-electron chi connectivity index (χ1n) is 4.80. The first kappa shape index (κ1) is 15.4. The molecule has 2 amide bonds. The van der Waals surface area contributed by atoms with Gasteiger partial charge in [-0.05, 0) is 0 Å². The largest absolute Gasteiger partial charge is 0.382 e. The van der Waals surface area contributed by atoms with Gasteiger partial charge in [0.25, 0.3) is 10.0 Å². The van der Waals surface area contributed by atoms with Gasteiger partial charge in [-0.15, -0.1) is 10.2 Å². The first-order chi connectivity index (χ1) is 8.72. The number of rotatable bonds is 6. The number of primary amides is 1. The number of aliphatic hydroxyl groups is 1. The first-order valence-corrected chi connectivity index (χ1v) is 7.10. The van der Waals surface area contributed by atoms with E-state index in [9.17, 15) is 18.0 Å². The van der Waals surface area contributed by atoms with Gasteiger partial charge in [0, 0.05) is 13.5 Å². The van der Waals surface area contributed by atoms with E-state index in [-0.39, 0.29) is 5.13 Å². The zero-order valence-corrected chi connectivity index (χ0v) is 11.3. The number of anilines is 1. The highest BCUT2D eigenvalue weighted by Crippen LogP contribution is 2.19. The number of nitrogens with zero attached hydrogens (tertiary/aromatic N) is 2. The normalized spacial score (nSPS) is 12.9. The molecule has 1 atom stereocenters. The molecule has 1 unspecified atom stereocenters. The van der Waals surface area contributed by atoms with Crippen molar-refractivity contribution in [1.29, 1.82) is 0 Å². The Labute approximate surface area is 112 Å². The van der Waals surface area contributed by atoms with Gasteiger partial charge in [0.05, 0.1) is 0 Å². The van der Waals surface area contributed by atoms with E-state index < -0.39 is 38.8 Å². The number of nitrogens with two attached hydrogens (primary N) is 1. The highest BCUT2D eigenvalue weighted by molar-refractivity contribution is 7.91. The van der Waals surface area contributed by atoms with E-state index in [2.05, 4.69) is 15.5 Å². The molecule has 1 heterocycles. The van der Waals surface area contributed by atoms with E-state index in [1.54, 1.807) is 0 Å². The smallest absolute Gasteiger partial charge is 0.269 e. The van der Waals surface area contributed by atoms with Crippen molar-refractivity contribution in [3.8, 4) is 0 Å². The van der Waals surface area contributed by atoms with Crippen LogP contribution in [0.1, 0.15) is 6.92 Å². The molecule has 0 saturated heterocycles. The minimum absolute atomic E-state index is 0.0170. The third-order valence-electron chi connectivity index (χ3n) is 1.71. The van der Waals surface area contributed by atoms with Crippen molar-refractivity contribution in [1.82, 2.24) is 14.9 Å². The van der Waals surface area contributed by atoms with Gasteiger partial charge in [0.1, 0.15) is 6.10 Å². The van der Waals surface area contributed by atoms with Crippen LogP contribution >= 0.6 is 11.3 Å². The average Bonchev–Trinajstić information content (AvgIpc) is 2.74. The van der Waals surface area contributed by atoms with Gasteiger partial charge in [-0.25, -0.2) is 13.1 Å². The van der Waals surface area contributed by atoms with Gasteiger partial charge in [-0.2, -0.15) is 0 Å². The minimum Gasteiger partial charge on any atom is -0.382 e. The summed E-state index contributed by atoms with van der Waals surface area (Å²) in [6.07, 6.45) is -1.64. The van der Waals surface area contributed by atoms with Crippen molar-refractivity contribution >= 4 is 38.3 Å². The van der Waals surface area contributed by atoms with Crippen LogP contribution < -0.4 is 15.8 Å². The molecule has 1 aromatic rings. The van der Waals surface area contributed by atoms with Crippen LogP contribution in [0.2, 0.25) is 0 Å². The fourth-order valence-electron chi connectivity index (χ4n) is 0.870. The molecule has 0 radical (unpaired) electrons. The molecule has 106 valence electrons. The summed E-state index contributed by atoms with van der Waals surface area (Å²) in [6.45, 7) is 0.657. The van der Waals surface area contributed by atoms with E-state index in [0.29, 0.717) is 11.3 Å². The number of amides is 2. The van der Waals surface area contributed by atoms with Crippen LogP contribution in [0.4, 0.5) is 5.13 Å². The highest BCUT2D eigenvalue weighted by atomic mass is 32.2. The van der Waals surface area contributed by atoms with Crippen LogP contribution in [0.5, 0.6) is 0 Å². The molecule has 0 saturated carbocycles. The van der Waals surface area contributed by atoms with Gasteiger partial charge < -0.3 is 16.2 Å². The lowest BCUT2D eigenvalue weighted by molar-refractivity contribution is -0.125. The van der Waals surface area contributed by atoms with Gasteiger partial charge >= 0.3 is 0 Å². The number of sulfonamides is 1. The van der Waals surface area contributed by atoms with Gasteiger partial charge in [0.15, 0.2) is 0 Å². The second kappa shape index (κ2) is 6.01. The van der Waals surface area contributed by atoms with Gasteiger partial charge in [-0.3, -0.25) is 9.59 Å². The number of aromatic nitrogens is 2. The van der Waals surface area contributed by atoms with Crippen molar-refractivity contribution in [3.63, 3.8) is 0 Å². The van der Waals surface area contributed by atoms with Crippen molar-refractivity contribution in [2.24, 2.45) is 5.73 Å².